The summed E-state index contributed by atoms with van der Waals surface area (Å²) in [6.45, 7) is 5.84. The number of piperazine rings is 1. The minimum absolute atomic E-state index is 0.374. The van der Waals surface area contributed by atoms with Crippen molar-refractivity contribution in [2.45, 2.75) is 6.42 Å². The van der Waals surface area contributed by atoms with E-state index in [1.54, 1.807) is 19.2 Å². The van der Waals surface area contributed by atoms with Crippen LogP contribution in [0.3, 0.4) is 0 Å². The van der Waals surface area contributed by atoms with Crippen molar-refractivity contribution in [1.29, 1.82) is 0 Å². The predicted molar refractivity (Wildman–Crippen MR) is 114 cm³/mol. The van der Waals surface area contributed by atoms with Gasteiger partial charge in [-0.1, -0.05) is 18.2 Å². The first kappa shape index (κ1) is 19.3. The standard InChI is InChI=1S/C23H26N2O4/c1-27-21-17-20-18(8-9-23(26)29-20)16-22(21)28-15-5-10-24-11-13-25(14-12-24)19-6-3-2-4-7-19/h2-4,6-9,16-17H,5,10-15H2,1H3. The summed E-state index contributed by atoms with van der Waals surface area (Å²) in [6, 6.07) is 17.3. The molecule has 4 rings (SSSR count). The van der Waals surface area contributed by atoms with Crippen LogP contribution in [-0.4, -0.2) is 51.3 Å². The number of hydrogen-bond acceptors (Lipinski definition) is 6. The van der Waals surface area contributed by atoms with Crippen LogP contribution in [0.4, 0.5) is 5.69 Å². The lowest BCUT2D eigenvalue weighted by Gasteiger charge is -2.36. The van der Waals surface area contributed by atoms with Crippen LogP contribution in [0.25, 0.3) is 11.0 Å². The Bertz CT molecular complexity index is 995. The van der Waals surface area contributed by atoms with Gasteiger partial charge < -0.3 is 18.8 Å². The molecule has 6 nitrogen and oxygen atoms in total. The first-order valence-corrected chi connectivity index (χ1v) is 10.00. The fourth-order valence-electron chi connectivity index (χ4n) is 3.69. The van der Waals surface area contributed by atoms with Gasteiger partial charge in [-0.15, -0.1) is 0 Å². The third-order valence-corrected chi connectivity index (χ3v) is 5.28. The summed E-state index contributed by atoms with van der Waals surface area (Å²) in [6.07, 6.45) is 0.941. The highest BCUT2D eigenvalue weighted by Gasteiger charge is 2.16. The highest BCUT2D eigenvalue weighted by Crippen LogP contribution is 2.32. The number of nitrogens with zero attached hydrogens (tertiary/aromatic N) is 2. The molecule has 0 bridgehead atoms. The van der Waals surface area contributed by atoms with Crippen molar-refractivity contribution in [3.8, 4) is 11.5 Å². The highest BCUT2D eigenvalue weighted by molar-refractivity contribution is 5.80. The molecule has 1 aliphatic heterocycles. The van der Waals surface area contributed by atoms with E-state index in [1.165, 1.54) is 11.8 Å². The first-order valence-electron chi connectivity index (χ1n) is 10.00. The van der Waals surface area contributed by atoms with Crippen LogP contribution in [-0.2, 0) is 0 Å². The summed E-state index contributed by atoms with van der Waals surface area (Å²) in [5, 5.41) is 0.817. The molecule has 3 aromatic rings. The van der Waals surface area contributed by atoms with Crippen LogP contribution in [0.2, 0.25) is 0 Å². The molecule has 2 aromatic carbocycles. The fourth-order valence-corrected chi connectivity index (χ4v) is 3.69. The molecule has 0 saturated carbocycles. The Morgan fingerprint density at radius 3 is 2.52 bits per heavy atom. The molecule has 0 aliphatic carbocycles. The van der Waals surface area contributed by atoms with Crippen molar-refractivity contribution in [3.05, 3.63) is 65.0 Å². The Labute approximate surface area is 170 Å². The van der Waals surface area contributed by atoms with Gasteiger partial charge in [0.25, 0.3) is 0 Å². The van der Waals surface area contributed by atoms with Crippen molar-refractivity contribution >= 4 is 16.7 Å². The average Bonchev–Trinajstić information content (AvgIpc) is 2.77. The van der Waals surface area contributed by atoms with E-state index in [0.29, 0.717) is 23.7 Å². The predicted octanol–water partition coefficient (Wildman–Crippen LogP) is 3.39. The van der Waals surface area contributed by atoms with E-state index < -0.39 is 0 Å². The maximum atomic E-state index is 11.4. The van der Waals surface area contributed by atoms with E-state index in [9.17, 15) is 4.79 Å². The van der Waals surface area contributed by atoms with E-state index in [2.05, 4.69) is 40.1 Å². The summed E-state index contributed by atoms with van der Waals surface area (Å²) in [5.41, 5.74) is 1.42. The van der Waals surface area contributed by atoms with Crippen LogP contribution in [0.5, 0.6) is 11.5 Å². The summed E-state index contributed by atoms with van der Waals surface area (Å²) >= 11 is 0. The molecule has 2 heterocycles. The zero-order chi connectivity index (χ0) is 20.1. The van der Waals surface area contributed by atoms with Crippen LogP contribution in [0.1, 0.15) is 6.42 Å². The number of para-hydroxylation sites is 1. The second kappa shape index (κ2) is 9.01. The zero-order valence-electron chi connectivity index (χ0n) is 16.7. The smallest absolute Gasteiger partial charge is 0.336 e. The van der Waals surface area contributed by atoms with Gasteiger partial charge in [0, 0.05) is 55.9 Å². The zero-order valence-corrected chi connectivity index (χ0v) is 16.7. The summed E-state index contributed by atoms with van der Waals surface area (Å²) in [4.78, 5) is 16.3. The Balaban J connectivity index is 1.27. The number of benzene rings is 2. The molecule has 1 saturated heterocycles. The lowest BCUT2D eigenvalue weighted by atomic mass is 10.2. The van der Waals surface area contributed by atoms with E-state index in [4.69, 9.17) is 13.9 Å². The van der Waals surface area contributed by atoms with Crippen molar-refractivity contribution in [2.75, 3.05) is 51.3 Å². The average molecular weight is 394 g/mol. The minimum atomic E-state index is -0.374. The molecule has 0 amide bonds. The third kappa shape index (κ3) is 4.71. The molecule has 152 valence electrons. The van der Waals surface area contributed by atoms with Crippen LogP contribution in [0.15, 0.2) is 63.8 Å². The van der Waals surface area contributed by atoms with Crippen molar-refractivity contribution in [3.63, 3.8) is 0 Å². The van der Waals surface area contributed by atoms with Crippen LogP contribution >= 0.6 is 0 Å². The van der Waals surface area contributed by atoms with E-state index in [1.807, 2.05) is 6.07 Å². The summed E-state index contributed by atoms with van der Waals surface area (Å²) in [7, 11) is 1.58. The van der Waals surface area contributed by atoms with Gasteiger partial charge in [-0.2, -0.15) is 0 Å². The second-order valence-corrected chi connectivity index (χ2v) is 7.16. The van der Waals surface area contributed by atoms with E-state index in [-0.39, 0.29) is 5.63 Å². The second-order valence-electron chi connectivity index (χ2n) is 7.16. The summed E-state index contributed by atoms with van der Waals surface area (Å²) in [5.74, 6) is 1.24. The van der Waals surface area contributed by atoms with Crippen LogP contribution < -0.4 is 20.0 Å². The molecule has 0 N–H and O–H groups in total. The van der Waals surface area contributed by atoms with Gasteiger partial charge >= 0.3 is 5.63 Å². The summed E-state index contributed by atoms with van der Waals surface area (Å²) < 4.78 is 16.6. The molecule has 1 aromatic heterocycles. The van der Waals surface area contributed by atoms with E-state index in [0.717, 1.165) is 44.5 Å². The Hall–Kier alpha value is -2.99. The largest absolute Gasteiger partial charge is 0.493 e. The Morgan fingerprint density at radius 1 is 0.966 bits per heavy atom. The topological polar surface area (TPSA) is 55.2 Å². The normalized spacial score (nSPS) is 14.9. The Morgan fingerprint density at radius 2 is 1.76 bits per heavy atom. The molecular weight excluding hydrogens is 368 g/mol. The fraction of sp³-hybridized carbons (Fsp3) is 0.348. The number of ether oxygens (including phenoxy) is 2. The number of methoxy groups -OCH3 is 1. The molecule has 0 unspecified atom stereocenters. The molecule has 29 heavy (non-hydrogen) atoms. The van der Waals surface area contributed by atoms with Crippen molar-refractivity contribution in [2.24, 2.45) is 0 Å². The van der Waals surface area contributed by atoms with Gasteiger partial charge in [0.1, 0.15) is 5.58 Å². The van der Waals surface area contributed by atoms with Gasteiger partial charge in [0.05, 0.1) is 13.7 Å². The first-order chi connectivity index (χ1) is 14.2. The van der Waals surface area contributed by atoms with Crippen LogP contribution in [0, 0.1) is 0 Å². The molecule has 0 spiro atoms. The van der Waals surface area contributed by atoms with Crippen molar-refractivity contribution < 1.29 is 13.9 Å². The number of rotatable bonds is 7. The molecule has 1 fully saturated rings. The highest BCUT2D eigenvalue weighted by atomic mass is 16.5. The molecule has 0 radical (unpaired) electrons. The van der Waals surface area contributed by atoms with Gasteiger partial charge in [-0.25, -0.2) is 4.79 Å². The third-order valence-electron chi connectivity index (χ3n) is 5.28. The minimum Gasteiger partial charge on any atom is -0.493 e. The number of fused-ring (bicyclic) bond motifs is 1. The van der Waals surface area contributed by atoms with Gasteiger partial charge in [0.15, 0.2) is 11.5 Å². The maximum absolute atomic E-state index is 11.4. The molecule has 1 aliphatic rings. The molecule has 6 heteroatoms. The van der Waals surface area contributed by atoms with Gasteiger partial charge in [-0.05, 0) is 30.7 Å². The quantitative estimate of drug-likeness (QED) is 0.452. The Kier molecular flexibility index (Phi) is 6.00. The van der Waals surface area contributed by atoms with Crippen molar-refractivity contribution in [1.82, 2.24) is 4.90 Å². The lowest BCUT2D eigenvalue weighted by Crippen LogP contribution is -2.46. The number of anilines is 1. The van der Waals surface area contributed by atoms with Gasteiger partial charge in [-0.3, -0.25) is 4.90 Å². The molecule has 0 atom stereocenters. The van der Waals surface area contributed by atoms with Gasteiger partial charge in [0.2, 0.25) is 0 Å². The molecular formula is C23H26N2O4. The maximum Gasteiger partial charge on any atom is 0.336 e. The SMILES string of the molecule is COc1cc2oc(=O)ccc2cc1OCCCN1CCN(c2ccccc2)CC1. The van der Waals surface area contributed by atoms with E-state index >= 15 is 0 Å². The monoisotopic (exact) mass is 394 g/mol. The number of hydrogen-bond donors (Lipinski definition) is 0. The lowest BCUT2D eigenvalue weighted by molar-refractivity contribution is 0.221.